The van der Waals surface area contributed by atoms with Gasteiger partial charge in [0.15, 0.2) is 34.8 Å². The number of nitrogens with two attached hydrogens (primary N) is 1. The summed E-state index contributed by atoms with van der Waals surface area (Å²) >= 11 is 0. The zero-order valence-electron chi connectivity index (χ0n) is 30.6. The average Bonchev–Trinajstić information content (AvgIpc) is 3.20. The summed E-state index contributed by atoms with van der Waals surface area (Å²) in [7, 11) is 0. The lowest BCUT2D eigenvalue weighted by Gasteiger charge is -2.37. The number of amides is 1. The van der Waals surface area contributed by atoms with Gasteiger partial charge in [-0.2, -0.15) is 4.98 Å². The number of carbonyl (C=O) groups excluding carboxylic acids is 1. The lowest BCUT2D eigenvalue weighted by atomic mass is 9.89. The summed E-state index contributed by atoms with van der Waals surface area (Å²) in [5, 5.41) is 16.7. The van der Waals surface area contributed by atoms with E-state index >= 15 is 0 Å². The minimum absolute atomic E-state index is 0.0401. The lowest BCUT2D eigenvalue weighted by molar-refractivity contribution is -0.134. The van der Waals surface area contributed by atoms with Crippen molar-refractivity contribution in [3.8, 4) is 11.5 Å². The molecule has 54 heavy (non-hydrogen) atoms. The van der Waals surface area contributed by atoms with Crippen molar-refractivity contribution in [2.75, 3.05) is 64.2 Å². The summed E-state index contributed by atoms with van der Waals surface area (Å²) in [4.78, 5) is 37.6. The van der Waals surface area contributed by atoms with Crippen LogP contribution in [0.2, 0.25) is 0 Å². The second-order valence-electron chi connectivity index (χ2n) is 14.8. The summed E-state index contributed by atoms with van der Waals surface area (Å²) in [5.41, 5.74) is 7.83. The molecule has 0 saturated carbocycles. The third-order valence-electron chi connectivity index (χ3n) is 11.3. The number of piperidine rings is 3. The van der Waals surface area contributed by atoms with E-state index < -0.39 is 11.6 Å². The van der Waals surface area contributed by atoms with Crippen LogP contribution in [0.15, 0.2) is 53.2 Å². The molecule has 15 heteroatoms. The van der Waals surface area contributed by atoms with Gasteiger partial charge in [0.2, 0.25) is 5.91 Å². The van der Waals surface area contributed by atoms with Gasteiger partial charge in [-0.3, -0.25) is 19.7 Å². The zero-order valence-corrected chi connectivity index (χ0v) is 30.6. The Labute approximate surface area is 314 Å². The van der Waals surface area contributed by atoms with Crippen molar-refractivity contribution in [1.29, 1.82) is 5.41 Å². The fraction of sp³-hybridized carbons (Fsp3) is 0.513. The van der Waals surface area contributed by atoms with Gasteiger partial charge in [0, 0.05) is 57.2 Å². The topological polar surface area (TPSA) is 157 Å². The molecule has 0 spiro atoms. The Bertz CT molecular complexity index is 1910. The molecule has 0 atom stereocenters. The van der Waals surface area contributed by atoms with Crippen molar-refractivity contribution in [2.45, 2.75) is 69.5 Å². The summed E-state index contributed by atoms with van der Waals surface area (Å²) in [5.74, 6) is 2.56. The Balaban J connectivity index is 0.924. The number of ether oxygens (including phenoxy) is 1. The second-order valence-corrected chi connectivity index (χ2v) is 14.8. The van der Waals surface area contributed by atoms with Crippen LogP contribution >= 0.6 is 0 Å². The normalized spacial score (nSPS) is 18.3. The maximum atomic E-state index is 14.0. The van der Waals surface area contributed by atoms with Crippen molar-refractivity contribution in [1.82, 2.24) is 34.9 Å². The molecule has 288 valence electrons. The number of carbonyl (C=O) groups is 1. The van der Waals surface area contributed by atoms with Crippen molar-refractivity contribution in [3.05, 3.63) is 81.7 Å². The van der Waals surface area contributed by atoms with Crippen molar-refractivity contribution in [2.24, 2.45) is 5.73 Å². The predicted octanol–water partition coefficient (Wildman–Crippen LogP) is 4.00. The summed E-state index contributed by atoms with van der Waals surface area (Å²) in [6, 6.07) is 10.3. The van der Waals surface area contributed by atoms with Gasteiger partial charge >= 0.3 is 5.69 Å². The van der Waals surface area contributed by atoms with E-state index in [4.69, 9.17) is 15.9 Å². The predicted molar refractivity (Wildman–Crippen MR) is 202 cm³/mol. The first-order valence-corrected chi connectivity index (χ1v) is 19.1. The van der Waals surface area contributed by atoms with Crippen LogP contribution in [-0.2, 0) is 11.3 Å². The van der Waals surface area contributed by atoms with E-state index in [1.54, 1.807) is 16.8 Å². The molecule has 5 heterocycles. The van der Waals surface area contributed by atoms with Crippen LogP contribution in [0.3, 0.4) is 0 Å². The summed E-state index contributed by atoms with van der Waals surface area (Å²) < 4.78 is 35.6. The minimum atomic E-state index is -0.871. The first-order valence-electron chi connectivity index (χ1n) is 19.1. The molecule has 3 aromatic rings. The fourth-order valence-corrected chi connectivity index (χ4v) is 8.20. The summed E-state index contributed by atoms with van der Waals surface area (Å²) in [6.07, 6.45) is 7.77. The van der Waals surface area contributed by atoms with Gasteiger partial charge in [0.05, 0.1) is 18.4 Å². The number of likely N-dealkylation sites (tertiary alicyclic amines) is 2. The van der Waals surface area contributed by atoms with E-state index in [0.717, 1.165) is 95.0 Å². The SMILES string of the molecule is N=C=C(N)NCCCN1CCC(n2cc3c(nc2=O)Nc2cc(C4CCN(C(=O)CN(Cc5ccc(F)c(F)c5)C5CCNCC5)CC4)ccc2O3)CC1. The van der Waals surface area contributed by atoms with Crippen LogP contribution in [0.4, 0.5) is 20.3 Å². The number of rotatable bonds is 12. The van der Waals surface area contributed by atoms with E-state index in [1.807, 2.05) is 11.0 Å². The maximum absolute atomic E-state index is 14.0. The highest BCUT2D eigenvalue weighted by Gasteiger charge is 2.30. The van der Waals surface area contributed by atoms with E-state index in [0.29, 0.717) is 49.1 Å². The lowest BCUT2D eigenvalue weighted by Crippen LogP contribution is -2.49. The number of halogens is 2. The van der Waals surface area contributed by atoms with E-state index in [1.165, 1.54) is 6.07 Å². The Morgan fingerprint density at radius 1 is 1.02 bits per heavy atom. The molecule has 0 aliphatic carbocycles. The standard InChI is InChI=1S/C39H50F2N10O3/c40-31-4-2-26(20-32(31)41)23-50(29-6-13-44-14-7-29)25-37(52)49-18-8-27(9-19-49)28-3-5-34-33(21-28)46-38-35(54-34)24-51(39(53)47-38)30-10-16-48(17-11-30)15-1-12-45-36(43)22-42/h2-5,20-21,24,27,29-30,42,44-45H,1,6-19,23,25,43H2,(H,46,47,53). The monoisotopic (exact) mass is 744 g/mol. The van der Waals surface area contributed by atoms with Crippen LogP contribution in [0.25, 0.3) is 0 Å². The first kappa shape index (κ1) is 37.5. The van der Waals surface area contributed by atoms with Gasteiger partial charge in [0.25, 0.3) is 0 Å². The molecule has 0 radical (unpaired) electrons. The van der Waals surface area contributed by atoms with Crippen LogP contribution in [0.5, 0.6) is 11.5 Å². The third kappa shape index (κ3) is 8.92. The Morgan fingerprint density at radius 3 is 2.54 bits per heavy atom. The third-order valence-corrected chi connectivity index (χ3v) is 11.3. The molecule has 1 aromatic heterocycles. The zero-order chi connectivity index (χ0) is 37.6. The van der Waals surface area contributed by atoms with Crippen molar-refractivity contribution in [3.63, 3.8) is 0 Å². The van der Waals surface area contributed by atoms with Crippen LogP contribution in [-0.4, -0.2) is 101 Å². The first-order chi connectivity index (χ1) is 26.2. The summed E-state index contributed by atoms with van der Waals surface area (Å²) in [6.45, 7) is 6.96. The number of nitrogens with zero attached hydrogens (tertiary/aromatic N) is 5. The number of aromatic nitrogens is 2. The van der Waals surface area contributed by atoms with E-state index in [2.05, 4.69) is 48.7 Å². The van der Waals surface area contributed by atoms with Crippen LogP contribution in [0.1, 0.15) is 68.0 Å². The van der Waals surface area contributed by atoms with Crippen LogP contribution < -0.4 is 32.1 Å². The van der Waals surface area contributed by atoms with Gasteiger partial charge < -0.3 is 36.2 Å². The molecule has 3 saturated heterocycles. The number of benzene rings is 2. The minimum Gasteiger partial charge on any atom is -0.450 e. The molecule has 4 aliphatic rings. The maximum Gasteiger partial charge on any atom is 0.350 e. The molecule has 2 aromatic carbocycles. The number of hydrogen-bond acceptors (Lipinski definition) is 11. The van der Waals surface area contributed by atoms with Gasteiger partial charge in [-0.15, -0.1) is 0 Å². The average molecular weight is 745 g/mol. The number of fused-ring (bicyclic) bond motifs is 2. The molecule has 13 nitrogen and oxygen atoms in total. The molecular weight excluding hydrogens is 694 g/mol. The Morgan fingerprint density at radius 2 is 1.80 bits per heavy atom. The van der Waals surface area contributed by atoms with Crippen molar-refractivity contribution < 1.29 is 18.3 Å². The quantitative estimate of drug-likeness (QED) is 0.106. The fourth-order valence-electron chi connectivity index (χ4n) is 8.20. The molecule has 0 bridgehead atoms. The highest BCUT2D eigenvalue weighted by atomic mass is 19.2. The molecule has 1 amide bonds. The largest absolute Gasteiger partial charge is 0.450 e. The van der Waals surface area contributed by atoms with E-state index in [9.17, 15) is 18.4 Å². The Hall–Kier alpha value is -4.82. The highest BCUT2D eigenvalue weighted by molar-refractivity contribution is 5.78. The molecule has 6 N–H and O–H groups in total. The molecule has 7 rings (SSSR count). The van der Waals surface area contributed by atoms with Gasteiger partial charge in [0.1, 0.15) is 0 Å². The number of hydrogen-bond donors (Lipinski definition) is 5. The van der Waals surface area contributed by atoms with Crippen LogP contribution in [0, 0.1) is 17.0 Å². The molecule has 4 aliphatic heterocycles. The van der Waals surface area contributed by atoms with Gasteiger partial charge in [-0.05, 0) is 106 Å². The smallest absolute Gasteiger partial charge is 0.350 e. The highest BCUT2D eigenvalue weighted by Crippen LogP contribution is 2.43. The van der Waals surface area contributed by atoms with Crippen molar-refractivity contribution >= 4 is 23.3 Å². The Kier molecular flexibility index (Phi) is 11.9. The molecule has 0 unspecified atom stereocenters. The molecule has 3 fully saturated rings. The molecular formula is C39H50F2N10O3. The van der Waals surface area contributed by atoms with Gasteiger partial charge in [-0.1, -0.05) is 12.1 Å². The van der Waals surface area contributed by atoms with Gasteiger partial charge in [-0.25, -0.2) is 13.6 Å². The number of nitrogens with one attached hydrogen (secondary N) is 4. The number of anilines is 2. The van der Waals surface area contributed by atoms with E-state index in [-0.39, 0.29) is 42.0 Å². The second kappa shape index (κ2) is 17.1.